The van der Waals surface area contributed by atoms with Crippen LogP contribution in [-0.2, 0) is 0 Å². The Morgan fingerprint density at radius 3 is 2.29 bits per heavy atom. The first-order chi connectivity index (χ1) is 11.5. The molecule has 0 aliphatic carbocycles. The average molecular weight is 318 g/mol. The average Bonchev–Trinajstić information content (AvgIpc) is 2.60. The van der Waals surface area contributed by atoms with Crippen molar-refractivity contribution in [3.63, 3.8) is 0 Å². The predicted octanol–water partition coefficient (Wildman–Crippen LogP) is 3.79. The number of anilines is 1. The summed E-state index contributed by atoms with van der Waals surface area (Å²) in [6.07, 6.45) is 0. The molecule has 3 aromatic rings. The third kappa shape index (κ3) is 3.27. The second kappa shape index (κ2) is 6.54. The molecule has 0 fully saturated rings. The molecule has 0 heterocycles. The molecule has 24 heavy (non-hydrogen) atoms. The minimum Gasteiger partial charge on any atom is -0.345 e. The summed E-state index contributed by atoms with van der Waals surface area (Å²) >= 11 is 0. The molecule has 0 unspecified atom stereocenters. The van der Waals surface area contributed by atoms with Gasteiger partial charge in [-0.2, -0.15) is 0 Å². The molecule has 4 nitrogen and oxygen atoms in total. The second-order valence-electron chi connectivity index (χ2n) is 5.80. The van der Waals surface area contributed by atoms with Crippen LogP contribution >= 0.6 is 0 Å². The van der Waals surface area contributed by atoms with Gasteiger partial charge in [-0.3, -0.25) is 9.59 Å². The van der Waals surface area contributed by atoms with Crippen molar-refractivity contribution in [3.8, 4) is 0 Å². The number of rotatable bonds is 3. The topological polar surface area (TPSA) is 49.4 Å². The number of hydrogen-bond acceptors (Lipinski definition) is 2. The molecule has 120 valence electrons. The van der Waals surface area contributed by atoms with E-state index in [0.717, 1.165) is 10.8 Å². The molecule has 3 aromatic carbocycles. The first-order valence-corrected chi connectivity index (χ1v) is 7.66. The Morgan fingerprint density at radius 2 is 1.54 bits per heavy atom. The van der Waals surface area contributed by atoms with Crippen molar-refractivity contribution in [2.45, 2.75) is 0 Å². The van der Waals surface area contributed by atoms with Gasteiger partial charge in [0.1, 0.15) is 0 Å². The molecule has 0 spiro atoms. The van der Waals surface area contributed by atoms with Crippen LogP contribution in [0.2, 0.25) is 0 Å². The highest BCUT2D eigenvalue weighted by Gasteiger charge is 2.11. The van der Waals surface area contributed by atoms with Gasteiger partial charge in [0.15, 0.2) is 0 Å². The maximum absolute atomic E-state index is 12.5. The third-order valence-corrected chi connectivity index (χ3v) is 3.79. The molecule has 0 radical (unpaired) electrons. The van der Waals surface area contributed by atoms with Crippen LogP contribution in [0.3, 0.4) is 0 Å². The Morgan fingerprint density at radius 1 is 0.792 bits per heavy atom. The van der Waals surface area contributed by atoms with Crippen LogP contribution < -0.4 is 5.32 Å². The van der Waals surface area contributed by atoms with E-state index in [1.165, 1.54) is 4.90 Å². The van der Waals surface area contributed by atoms with E-state index in [1.54, 1.807) is 44.4 Å². The van der Waals surface area contributed by atoms with Crippen molar-refractivity contribution in [1.82, 2.24) is 4.90 Å². The van der Waals surface area contributed by atoms with Crippen LogP contribution in [0.25, 0.3) is 10.8 Å². The summed E-state index contributed by atoms with van der Waals surface area (Å²) in [7, 11) is 3.39. The summed E-state index contributed by atoms with van der Waals surface area (Å²) in [6, 6.07) is 20.4. The number of nitrogens with one attached hydrogen (secondary N) is 1. The van der Waals surface area contributed by atoms with E-state index in [0.29, 0.717) is 16.8 Å². The molecule has 0 saturated carbocycles. The summed E-state index contributed by atoms with van der Waals surface area (Å²) in [5.74, 6) is -0.299. The second-order valence-corrected chi connectivity index (χ2v) is 5.80. The van der Waals surface area contributed by atoms with E-state index in [-0.39, 0.29) is 11.8 Å². The molecule has 0 bridgehead atoms. The molecule has 4 heteroatoms. The lowest BCUT2D eigenvalue weighted by molar-refractivity contribution is 0.0827. The molecule has 0 atom stereocenters. The number of fused-ring (bicyclic) bond motifs is 1. The summed E-state index contributed by atoms with van der Waals surface area (Å²) in [4.78, 5) is 26.0. The fourth-order valence-corrected chi connectivity index (χ4v) is 2.52. The maximum atomic E-state index is 12.5. The summed E-state index contributed by atoms with van der Waals surface area (Å²) in [5, 5.41) is 4.95. The van der Waals surface area contributed by atoms with E-state index in [9.17, 15) is 9.59 Å². The molecule has 0 aromatic heterocycles. The third-order valence-electron chi connectivity index (χ3n) is 3.79. The first-order valence-electron chi connectivity index (χ1n) is 7.66. The Balaban J connectivity index is 1.83. The van der Waals surface area contributed by atoms with Crippen molar-refractivity contribution in [3.05, 3.63) is 77.9 Å². The smallest absolute Gasteiger partial charge is 0.255 e. The van der Waals surface area contributed by atoms with Gasteiger partial charge in [-0.25, -0.2) is 0 Å². The normalized spacial score (nSPS) is 10.4. The van der Waals surface area contributed by atoms with E-state index < -0.39 is 0 Å². The minimum absolute atomic E-state index is 0.100. The summed E-state index contributed by atoms with van der Waals surface area (Å²) in [6.45, 7) is 0. The zero-order valence-electron chi connectivity index (χ0n) is 13.6. The van der Waals surface area contributed by atoms with Crippen LogP contribution in [0.15, 0.2) is 66.7 Å². The fourth-order valence-electron chi connectivity index (χ4n) is 2.52. The summed E-state index contributed by atoms with van der Waals surface area (Å²) in [5.41, 5.74) is 1.72. The standard InChI is InChI=1S/C20H18N2O2/c1-22(2)20(24)17-8-5-9-18(13-17)21-19(23)16-11-10-14-6-3-4-7-15(14)12-16/h3-13H,1-2H3,(H,21,23). The van der Waals surface area contributed by atoms with Crippen molar-refractivity contribution >= 4 is 28.3 Å². The van der Waals surface area contributed by atoms with Crippen LogP contribution in [0, 0.1) is 0 Å². The van der Waals surface area contributed by atoms with Gasteiger partial charge in [0, 0.05) is 30.9 Å². The van der Waals surface area contributed by atoms with Gasteiger partial charge < -0.3 is 10.2 Å². The summed E-state index contributed by atoms with van der Waals surface area (Å²) < 4.78 is 0. The highest BCUT2D eigenvalue weighted by Crippen LogP contribution is 2.18. The van der Waals surface area contributed by atoms with Crippen molar-refractivity contribution < 1.29 is 9.59 Å². The highest BCUT2D eigenvalue weighted by atomic mass is 16.2. The van der Waals surface area contributed by atoms with Crippen LogP contribution in [0.4, 0.5) is 5.69 Å². The monoisotopic (exact) mass is 318 g/mol. The van der Waals surface area contributed by atoms with Gasteiger partial charge in [-0.05, 0) is 41.1 Å². The van der Waals surface area contributed by atoms with Crippen molar-refractivity contribution in [1.29, 1.82) is 0 Å². The minimum atomic E-state index is -0.199. The highest BCUT2D eigenvalue weighted by molar-refractivity contribution is 6.07. The number of hydrogen-bond donors (Lipinski definition) is 1. The fraction of sp³-hybridized carbons (Fsp3) is 0.100. The maximum Gasteiger partial charge on any atom is 0.255 e. The molecule has 0 aliphatic rings. The number of carbonyl (C=O) groups excluding carboxylic acids is 2. The Bertz CT molecular complexity index is 916. The molecule has 0 aliphatic heterocycles. The molecule has 1 N–H and O–H groups in total. The van der Waals surface area contributed by atoms with Crippen molar-refractivity contribution in [2.24, 2.45) is 0 Å². The number of amides is 2. The van der Waals surface area contributed by atoms with Gasteiger partial charge in [0.05, 0.1) is 0 Å². The number of benzene rings is 3. The molecule has 3 rings (SSSR count). The molecule has 2 amide bonds. The number of carbonyl (C=O) groups is 2. The zero-order chi connectivity index (χ0) is 17.1. The van der Waals surface area contributed by atoms with Gasteiger partial charge in [0.25, 0.3) is 11.8 Å². The Labute approximate surface area is 140 Å². The van der Waals surface area contributed by atoms with Crippen LogP contribution in [-0.4, -0.2) is 30.8 Å². The molecular formula is C20H18N2O2. The van der Waals surface area contributed by atoms with E-state index >= 15 is 0 Å². The zero-order valence-corrected chi connectivity index (χ0v) is 13.6. The number of nitrogens with zero attached hydrogens (tertiary/aromatic N) is 1. The lowest BCUT2D eigenvalue weighted by atomic mass is 10.1. The first kappa shape index (κ1) is 15.7. The van der Waals surface area contributed by atoms with E-state index in [2.05, 4.69) is 5.32 Å². The van der Waals surface area contributed by atoms with E-state index in [4.69, 9.17) is 0 Å². The van der Waals surface area contributed by atoms with Crippen LogP contribution in [0.1, 0.15) is 20.7 Å². The molecule has 0 saturated heterocycles. The Hall–Kier alpha value is -3.14. The largest absolute Gasteiger partial charge is 0.345 e. The van der Waals surface area contributed by atoms with Gasteiger partial charge in [-0.15, -0.1) is 0 Å². The van der Waals surface area contributed by atoms with E-state index in [1.807, 2.05) is 36.4 Å². The Kier molecular flexibility index (Phi) is 4.29. The van der Waals surface area contributed by atoms with Crippen LogP contribution in [0.5, 0.6) is 0 Å². The SMILES string of the molecule is CN(C)C(=O)c1cccc(NC(=O)c2ccc3ccccc3c2)c1. The molecular weight excluding hydrogens is 300 g/mol. The van der Waals surface area contributed by atoms with Crippen molar-refractivity contribution in [2.75, 3.05) is 19.4 Å². The quantitative estimate of drug-likeness (QED) is 0.798. The van der Waals surface area contributed by atoms with Gasteiger partial charge in [-0.1, -0.05) is 36.4 Å². The predicted molar refractivity (Wildman–Crippen MR) is 96.4 cm³/mol. The van der Waals surface area contributed by atoms with Gasteiger partial charge >= 0.3 is 0 Å². The lowest BCUT2D eigenvalue weighted by Gasteiger charge is -2.12. The lowest BCUT2D eigenvalue weighted by Crippen LogP contribution is -2.21. The van der Waals surface area contributed by atoms with Gasteiger partial charge in [0.2, 0.25) is 0 Å².